The molecule has 4 rings (SSSR count). The highest BCUT2D eigenvalue weighted by molar-refractivity contribution is 5.94. The first-order chi connectivity index (χ1) is 15.1. The molecule has 2 N–H and O–H groups in total. The van der Waals surface area contributed by atoms with Gasteiger partial charge in [0, 0.05) is 29.9 Å². The second kappa shape index (κ2) is 8.66. The zero-order valence-electron chi connectivity index (χ0n) is 16.6. The standard InChI is InChI=1S/C23H20N4O4/c28-22(25-14-13-24-18-9-3-6-12-21(18)27(30)31)15-26-19-10-4-1-7-16(19)23(29)17-8-2-5-11-20(17)26/h1-12,24H,13-15H2,(H,25,28). The fourth-order valence-corrected chi connectivity index (χ4v) is 3.63. The first kappa shape index (κ1) is 20.1. The van der Waals surface area contributed by atoms with Gasteiger partial charge in [0.05, 0.1) is 16.0 Å². The Hall–Kier alpha value is -4.20. The Morgan fingerprint density at radius 1 is 0.871 bits per heavy atom. The van der Waals surface area contributed by atoms with Gasteiger partial charge in [-0.1, -0.05) is 36.4 Å². The van der Waals surface area contributed by atoms with Gasteiger partial charge in [0.1, 0.15) is 12.2 Å². The Labute approximate surface area is 177 Å². The molecule has 1 amide bonds. The molecule has 0 unspecified atom stereocenters. The number of para-hydroxylation sites is 4. The molecule has 0 spiro atoms. The molecule has 0 fully saturated rings. The minimum absolute atomic E-state index is 0.0139. The molecule has 8 nitrogen and oxygen atoms in total. The number of carbonyl (C=O) groups is 1. The Morgan fingerprint density at radius 2 is 1.45 bits per heavy atom. The normalized spacial score (nSPS) is 10.8. The highest BCUT2D eigenvalue weighted by Gasteiger charge is 2.13. The lowest BCUT2D eigenvalue weighted by molar-refractivity contribution is -0.384. The van der Waals surface area contributed by atoms with Crippen LogP contribution >= 0.6 is 0 Å². The third-order valence-electron chi connectivity index (χ3n) is 5.04. The summed E-state index contributed by atoms with van der Waals surface area (Å²) in [5.74, 6) is -0.219. The van der Waals surface area contributed by atoms with Gasteiger partial charge < -0.3 is 15.2 Å². The van der Waals surface area contributed by atoms with E-state index in [9.17, 15) is 19.7 Å². The number of nitrogens with one attached hydrogen (secondary N) is 2. The molecular weight excluding hydrogens is 396 g/mol. The number of nitrogens with zero attached hydrogens (tertiary/aromatic N) is 2. The van der Waals surface area contributed by atoms with Crippen LogP contribution in [0.15, 0.2) is 77.6 Å². The van der Waals surface area contributed by atoms with Crippen molar-refractivity contribution in [1.82, 2.24) is 9.88 Å². The minimum atomic E-state index is -0.451. The van der Waals surface area contributed by atoms with Crippen LogP contribution in [0, 0.1) is 10.1 Å². The first-order valence-corrected chi connectivity index (χ1v) is 9.80. The number of hydrogen-bond donors (Lipinski definition) is 2. The van der Waals surface area contributed by atoms with Gasteiger partial charge in [0.2, 0.25) is 5.91 Å². The molecule has 0 aliphatic rings. The summed E-state index contributed by atoms with van der Waals surface area (Å²) in [5.41, 5.74) is 1.72. The molecule has 31 heavy (non-hydrogen) atoms. The highest BCUT2D eigenvalue weighted by Crippen LogP contribution is 2.22. The van der Waals surface area contributed by atoms with Crippen molar-refractivity contribution in [3.05, 3.63) is 93.1 Å². The Bertz CT molecular complexity index is 1290. The number of amides is 1. The molecule has 0 aliphatic heterocycles. The van der Waals surface area contributed by atoms with E-state index in [0.717, 1.165) is 0 Å². The Balaban J connectivity index is 1.49. The highest BCUT2D eigenvalue weighted by atomic mass is 16.6. The number of nitro benzene ring substituents is 1. The molecule has 0 saturated carbocycles. The van der Waals surface area contributed by atoms with E-state index >= 15 is 0 Å². The Kier molecular flexibility index (Phi) is 5.61. The van der Waals surface area contributed by atoms with Gasteiger partial charge >= 0.3 is 0 Å². The van der Waals surface area contributed by atoms with Crippen LogP contribution in [0.1, 0.15) is 0 Å². The van der Waals surface area contributed by atoms with E-state index < -0.39 is 4.92 Å². The molecule has 1 heterocycles. The van der Waals surface area contributed by atoms with E-state index in [0.29, 0.717) is 40.6 Å². The van der Waals surface area contributed by atoms with Crippen LogP contribution in [0.2, 0.25) is 0 Å². The molecule has 0 atom stereocenters. The number of pyridine rings is 1. The van der Waals surface area contributed by atoms with Gasteiger partial charge in [-0.3, -0.25) is 19.7 Å². The lowest BCUT2D eigenvalue weighted by atomic mass is 10.1. The third kappa shape index (κ3) is 4.09. The lowest BCUT2D eigenvalue weighted by Crippen LogP contribution is -2.32. The summed E-state index contributed by atoms with van der Waals surface area (Å²) < 4.78 is 1.83. The number of fused-ring (bicyclic) bond motifs is 2. The number of carbonyl (C=O) groups excluding carboxylic acids is 1. The molecular formula is C23H20N4O4. The van der Waals surface area contributed by atoms with Crippen LogP contribution in [0.4, 0.5) is 11.4 Å². The van der Waals surface area contributed by atoms with Crippen LogP contribution < -0.4 is 16.1 Å². The molecule has 0 saturated heterocycles. The van der Waals surface area contributed by atoms with Gasteiger partial charge in [-0.15, -0.1) is 0 Å². The molecule has 8 heteroatoms. The van der Waals surface area contributed by atoms with Crippen molar-refractivity contribution in [2.24, 2.45) is 0 Å². The van der Waals surface area contributed by atoms with Crippen molar-refractivity contribution in [3.8, 4) is 0 Å². The van der Waals surface area contributed by atoms with Gasteiger partial charge in [0.25, 0.3) is 5.69 Å². The summed E-state index contributed by atoms with van der Waals surface area (Å²) in [6.07, 6.45) is 0. The minimum Gasteiger partial charge on any atom is -0.378 e. The van der Waals surface area contributed by atoms with E-state index in [1.165, 1.54) is 6.07 Å². The van der Waals surface area contributed by atoms with E-state index in [2.05, 4.69) is 10.6 Å². The monoisotopic (exact) mass is 416 g/mol. The van der Waals surface area contributed by atoms with Crippen LogP contribution in [0.25, 0.3) is 21.8 Å². The van der Waals surface area contributed by atoms with E-state index in [1.54, 1.807) is 42.5 Å². The summed E-state index contributed by atoms with van der Waals surface area (Å²) in [4.78, 5) is 36.0. The molecule has 0 bridgehead atoms. The smallest absolute Gasteiger partial charge is 0.292 e. The van der Waals surface area contributed by atoms with Crippen molar-refractivity contribution in [2.45, 2.75) is 6.54 Å². The number of benzene rings is 3. The number of rotatable bonds is 7. The SMILES string of the molecule is O=C(Cn1c2ccccc2c(=O)c2ccccc21)NCCNc1ccccc1[N+](=O)[O-]. The van der Waals surface area contributed by atoms with Gasteiger partial charge in [-0.25, -0.2) is 0 Å². The van der Waals surface area contributed by atoms with Crippen LogP contribution in [-0.2, 0) is 11.3 Å². The zero-order chi connectivity index (χ0) is 21.8. The van der Waals surface area contributed by atoms with Crippen molar-refractivity contribution < 1.29 is 9.72 Å². The maximum absolute atomic E-state index is 12.8. The second-order valence-electron chi connectivity index (χ2n) is 7.00. The summed E-state index contributed by atoms with van der Waals surface area (Å²) in [6, 6.07) is 20.8. The van der Waals surface area contributed by atoms with E-state index in [1.807, 2.05) is 28.8 Å². The fourth-order valence-electron chi connectivity index (χ4n) is 3.63. The number of hydrogen-bond acceptors (Lipinski definition) is 5. The van der Waals surface area contributed by atoms with E-state index in [4.69, 9.17) is 0 Å². The predicted molar refractivity (Wildman–Crippen MR) is 120 cm³/mol. The summed E-state index contributed by atoms with van der Waals surface area (Å²) in [5, 5.41) is 18.0. The largest absolute Gasteiger partial charge is 0.378 e. The molecule has 0 aliphatic carbocycles. The first-order valence-electron chi connectivity index (χ1n) is 9.80. The van der Waals surface area contributed by atoms with Gasteiger partial charge in [0.15, 0.2) is 5.43 Å². The number of nitro groups is 1. The Morgan fingerprint density at radius 3 is 2.10 bits per heavy atom. The van der Waals surface area contributed by atoms with Gasteiger partial charge in [-0.05, 0) is 30.3 Å². The predicted octanol–water partition coefficient (Wildman–Crippen LogP) is 3.29. The van der Waals surface area contributed by atoms with Crippen LogP contribution in [0.3, 0.4) is 0 Å². The van der Waals surface area contributed by atoms with E-state index in [-0.39, 0.29) is 23.6 Å². The van der Waals surface area contributed by atoms with Crippen molar-refractivity contribution in [1.29, 1.82) is 0 Å². The van der Waals surface area contributed by atoms with Crippen molar-refractivity contribution >= 4 is 39.1 Å². The third-order valence-corrected chi connectivity index (χ3v) is 5.04. The molecule has 1 aromatic heterocycles. The topological polar surface area (TPSA) is 106 Å². The average Bonchev–Trinajstić information content (AvgIpc) is 2.79. The average molecular weight is 416 g/mol. The molecule has 4 aromatic rings. The number of anilines is 1. The van der Waals surface area contributed by atoms with Crippen molar-refractivity contribution in [2.75, 3.05) is 18.4 Å². The molecule has 0 radical (unpaired) electrons. The van der Waals surface area contributed by atoms with Crippen LogP contribution in [-0.4, -0.2) is 28.5 Å². The second-order valence-corrected chi connectivity index (χ2v) is 7.00. The zero-order valence-corrected chi connectivity index (χ0v) is 16.6. The van der Waals surface area contributed by atoms with Crippen molar-refractivity contribution in [3.63, 3.8) is 0 Å². The maximum Gasteiger partial charge on any atom is 0.292 e. The molecule has 3 aromatic carbocycles. The quantitative estimate of drug-likeness (QED) is 0.208. The maximum atomic E-state index is 12.8. The summed E-state index contributed by atoms with van der Waals surface area (Å²) >= 11 is 0. The molecule has 156 valence electrons. The van der Waals surface area contributed by atoms with Crippen LogP contribution in [0.5, 0.6) is 0 Å². The number of aromatic nitrogens is 1. The van der Waals surface area contributed by atoms with Gasteiger partial charge in [-0.2, -0.15) is 0 Å². The summed E-state index contributed by atoms with van der Waals surface area (Å²) in [6.45, 7) is 0.677. The fraction of sp³-hybridized carbons (Fsp3) is 0.130. The lowest BCUT2D eigenvalue weighted by Gasteiger charge is -2.15. The summed E-state index contributed by atoms with van der Waals surface area (Å²) in [7, 11) is 0.